The summed E-state index contributed by atoms with van der Waals surface area (Å²) in [7, 11) is 0. The Morgan fingerprint density at radius 3 is 2.63 bits per heavy atom. The van der Waals surface area contributed by atoms with Crippen LogP contribution in [-0.2, 0) is 15.0 Å². The molecule has 38 heavy (non-hydrogen) atoms. The van der Waals surface area contributed by atoms with Gasteiger partial charge in [0.15, 0.2) is 0 Å². The van der Waals surface area contributed by atoms with E-state index in [9.17, 15) is 14.7 Å². The van der Waals surface area contributed by atoms with Gasteiger partial charge in [-0.05, 0) is 67.3 Å². The normalized spacial score (nSPS) is 32.5. The molecule has 2 aliphatic heterocycles. The van der Waals surface area contributed by atoms with Gasteiger partial charge in [-0.2, -0.15) is 0 Å². The first kappa shape index (κ1) is 27.4. The van der Waals surface area contributed by atoms with Crippen molar-refractivity contribution in [2.24, 2.45) is 5.41 Å². The molecule has 0 aromatic heterocycles. The van der Waals surface area contributed by atoms with Gasteiger partial charge < -0.3 is 21.1 Å². The number of rotatable bonds is 4. The van der Waals surface area contributed by atoms with Crippen molar-refractivity contribution in [1.29, 1.82) is 0 Å². The summed E-state index contributed by atoms with van der Waals surface area (Å²) in [6, 6.07) is 8.29. The number of fused-ring (bicyclic) bond motifs is 2. The monoisotopic (exact) mass is 561 g/mol. The van der Waals surface area contributed by atoms with E-state index < -0.39 is 34.8 Å². The molecule has 9 heteroatoms. The van der Waals surface area contributed by atoms with E-state index in [1.807, 2.05) is 0 Å². The minimum Gasteiger partial charge on any atom is -0.390 e. The maximum atomic E-state index is 15.8. The molecule has 5 rings (SSSR count). The molecule has 3 aliphatic rings. The topological polar surface area (TPSA) is 90.5 Å². The Labute approximate surface area is 232 Å². The van der Waals surface area contributed by atoms with Gasteiger partial charge in [-0.1, -0.05) is 62.2 Å². The van der Waals surface area contributed by atoms with Crippen LogP contribution < -0.4 is 16.0 Å². The Balaban J connectivity index is 1.68. The zero-order valence-electron chi connectivity index (χ0n) is 22.0. The number of carbonyl (C=O) groups excluding carboxylic acids is 2. The van der Waals surface area contributed by atoms with Crippen molar-refractivity contribution in [2.75, 3.05) is 5.32 Å². The molecular formula is C29H34Cl2FN3O3. The molecule has 1 saturated carbocycles. The zero-order valence-corrected chi connectivity index (χ0v) is 23.5. The summed E-state index contributed by atoms with van der Waals surface area (Å²) in [6.07, 6.45) is 2.19. The highest BCUT2D eigenvalue weighted by molar-refractivity contribution is 6.31. The van der Waals surface area contributed by atoms with Crippen LogP contribution in [-0.4, -0.2) is 40.6 Å². The minimum absolute atomic E-state index is 0.0716. The van der Waals surface area contributed by atoms with Crippen LogP contribution in [0.1, 0.15) is 70.4 Å². The number of anilines is 1. The second-order valence-corrected chi connectivity index (χ2v) is 13.4. The fraction of sp³-hybridized carbons (Fsp3) is 0.517. The third kappa shape index (κ3) is 4.61. The van der Waals surface area contributed by atoms with Gasteiger partial charge in [-0.15, -0.1) is 0 Å². The third-order valence-corrected chi connectivity index (χ3v) is 8.81. The molecule has 1 spiro atoms. The average molecular weight is 563 g/mol. The summed E-state index contributed by atoms with van der Waals surface area (Å²) in [6.45, 7) is 7.97. The number of halogens is 3. The van der Waals surface area contributed by atoms with Gasteiger partial charge >= 0.3 is 0 Å². The highest BCUT2D eigenvalue weighted by Crippen LogP contribution is 2.57. The standard InChI is InChI=1S/C29H34Cl2FN3O3/c1-27(2,3)14-21-29(18-9-8-15(30)12-20(18)34-26(29)37)22(17-6-5-7-19(31)23(17)32)24(35-21)25(36)33-16-10-11-28(4,38)13-16/h5-9,12,16,21-22,24,35,38H,10-11,13-14H2,1-4H3,(H,33,36)(H,34,37)/t16?,21-,22+,24-,28+,29+/m1/s1. The smallest absolute Gasteiger partial charge is 0.238 e. The number of aliphatic hydroxyl groups is 1. The second kappa shape index (κ2) is 9.47. The summed E-state index contributed by atoms with van der Waals surface area (Å²) >= 11 is 12.5. The molecule has 204 valence electrons. The lowest BCUT2D eigenvalue weighted by Gasteiger charge is -2.37. The second-order valence-electron chi connectivity index (χ2n) is 12.5. The number of nitrogens with one attached hydrogen (secondary N) is 3. The summed E-state index contributed by atoms with van der Waals surface area (Å²) in [4.78, 5) is 28.1. The molecule has 2 aromatic carbocycles. The van der Waals surface area contributed by atoms with Crippen LogP contribution in [0, 0.1) is 11.2 Å². The minimum atomic E-state index is -1.29. The van der Waals surface area contributed by atoms with Gasteiger partial charge in [0.25, 0.3) is 0 Å². The van der Waals surface area contributed by atoms with Crippen molar-refractivity contribution in [1.82, 2.24) is 10.6 Å². The molecule has 2 amide bonds. The highest BCUT2D eigenvalue weighted by Gasteiger charge is 2.66. The predicted molar refractivity (Wildman–Crippen MR) is 147 cm³/mol. The van der Waals surface area contributed by atoms with Crippen LogP contribution in [0.25, 0.3) is 0 Å². The summed E-state index contributed by atoms with van der Waals surface area (Å²) in [5.41, 5.74) is -0.910. The van der Waals surface area contributed by atoms with Gasteiger partial charge in [0.1, 0.15) is 11.2 Å². The van der Waals surface area contributed by atoms with Gasteiger partial charge in [-0.25, -0.2) is 4.39 Å². The molecule has 1 aliphatic carbocycles. The van der Waals surface area contributed by atoms with Crippen molar-refractivity contribution < 1.29 is 19.1 Å². The van der Waals surface area contributed by atoms with E-state index in [2.05, 4.69) is 36.7 Å². The fourth-order valence-corrected chi connectivity index (χ4v) is 7.14. The number of hydrogen-bond donors (Lipinski definition) is 4. The fourth-order valence-electron chi connectivity index (χ4n) is 6.79. The van der Waals surface area contributed by atoms with E-state index in [0.29, 0.717) is 42.0 Å². The Morgan fingerprint density at radius 1 is 1.24 bits per heavy atom. The maximum absolute atomic E-state index is 15.8. The largest absolute Gasteiger partial charge is 0.390 e. The third-order valence-electron chi connectivity index (χ3n) is 8.28. The first-order valence-electron chi connectivity index (χ1n) is 13.1. The van der Waals surface area contributed by atoms with Gasteiger partial charge in [-0.3, -0.25) is 9.59 Å². The molecule has 0 radical (unpaired) electrons. The van der Waals surface area contributed by atoms with Gasteiger partial charge in [0.2, 0.25) is 11.8 Å². The molecule has 1 unspecified atom stereocenters. The highest BCUT2D eigenvalue weighted by atomic mass is 35.5. The van der Waals surface area contributed by atoms with E-state index in [0.717, 1.165) is 0 Å². The maximum Gasteiger partial charge on any atom is 0.238 e. The molecular weight excluding hydrogens is 528 g/mol. The van der Waals surface area contributed by atoms with Crippen molar-refractivity contribution in [3.63, 3.8) is 0 Å². The first-order valence-corrected chi connectivity index (χ1v) is 13.8. The predicted octanol–water partition coefficient (Wildman–Crippen LogP) is 5.30. The van der Waals surface area contributed by atoms with E-state index >= 15 is 4.39 Å². The molecule has 0 bridgehead atoms. The Hall–Kier alpha value is -2.19. The lowest BCUT2D eigenvalue weighted by atomic mass is 9.62. The molecule has 4 N–H and O–H groups in total. The Bertz CT molecular complexity index is 1290. The van der Waals surface area contributed by atoms with Crippen molar-refractivity contribution in [2.45, 2.75) is 88.4 Å². The van der Waals surface area contributed by atoms with Gasteiger partial charge in [0.05, 0.1) is 16.7 Å². The number of amides is 2. The van der Waals surface area contributed by atoms with Crippen LogP contribution in [0.15, 0.2) is 36.4 Å². The van der Waals surface area contributed by atoms with Crippen LogP contribution in [0.2, 0.25) is 10.0 Å². The van der Waals surface area contributed by atoms with Crippen molar-refractivity contribution >= 4 is 40.7 Å². The van der Waals surface area contributed by atoms with E-state index in [-0.39, 0.29) is 33.9 Å². The van der Waals surface area contributed by atoms with E-state index in [1.165, 1.54) is 6.07 Å². The molecule has 2 fully saturated rings. The lowest BCUT2D eigenvalue weighted by Crippen LogP contribution is -2.49. The van der Waals surface area contributed by atoms with Gasteiger partial charge in [0, 0.05) is 28.7 Å². The SMILES string of the molecule is CC(C)(C)C[C@H]1N[C@@H](C(=O)NC2CC[C@](C)(O)C2)[C@H](c2cccc(Cl)c2F)[C@@]12C(=O)Nc1cc(Cl)ccc12. The molecule has 2 heterocycles. The average Bonchev–Trinajstić information content (AvgIpc) is 3.41. The van der Waals surface area contributed by atoms with Crippen LogP contribution >= 0.6 is 23.2 Å². The summed E-state index contributed by atoms with van der Waals surface area (Å²) in [5.74, 6) is -2.17. The van der Waals surface area contributed by atoms with Crippen LogP contribution in [0.5, 0.6) is 0 Å². The zero-order chi connectivity index (χ0) is 27.6. The first-order chi connectivity index (χ1) is 17.7. The Morgan fingerprint density at radius 2 is 1.97 bits per heavy atom. The van der Waals surface area contributed by atoms with Crippen molar-refractivity contribution in [3.05, 3.63) is 63.4 Å². The van der Waals surface area contributed by atoms with Crippen LogP contribution in [0.4, 0.5) is 10.1 Å². The molecule has 2 aromatic rings. The molecule has 1 saturated heterocycles. The summed E-state index contributed by atoms with van der Waals surface area (Å²) in [5, 5.41) is 20.4. The summed E-state index contributed by atoms with van der Waals surface area (Å²) < 4.78 is 15.8. The molecule has 6 atom stereocenters. The molecule has 6 nitrogen and oxygen atoms in total. The van der Waals surface area contributed by atoms with Crippen molar-refractivity contribution in [3.8, 4) is 0 Å². The number of hydrogen-bond acceptors (Lipinski definition) is 4. The quantitative estimate of drug-likeness (QED) is 0.407. The van der Waals surface area contributed by atoms with E-state index in [1.54, 1.807) is 37.3 Å². The van der Waals surface area contributed by atoms with Crippen LogP contribution in [0.3, 0.4) is 0 Å². The lowest BCUT2D eigenvalue weighted by molar-refractivity contribution is -0.124. The van der Waals surface area contributed by atoms with E-state index in [4.69, 9.17) is 23.2 Å². The Kier molecular flexibility index (Phi) is 6.83. The number of carbonyl (C=O) groups is 2. The number of benzene rings is 2.